The van der Waals surface area contributed by atoms with E-state index in [0.29, 0.717) is 43.9 Å². The lowest BCUT2D eigenvalue weighted by atomic mass is 10.1. The van der Waals surface area contributed by atoms with E-state index < -0.39 is 5.97 Å². The molecule has 10 heteroatoms. The van der Waals surface area contributed by atoms with E-state index in [2.05, 4.69) is 0 Å². The zero-order valence-electron chi connectivity index (χ0n) is 20.8. The van der Waals surface area contributed by atoms with Crippen LogP contribution in [0.1, 0.15) is 28.0 Å². The Labute approximate surface area is 209 Å². The summed E-state index contributed by atoms with van der Waals surface area (Å²) in [6.45, 7) is 1.67. The minimum Gasteiger partial charge on any atom is -0.496 e. The summed E-state index contributed by atoms with van der Waals surface area (Å²) in [6.07, 6.45) is 0.818. The molecule has 0 radical (unpaired) electrons. The number of esters is 1. The van der Waals surface area contributed by atoms with Gasteiger partial charge in [-0.25, -0.2) is 4.79 Å². The molecular weight excluding hydrogens is 466 g/mol. The average molecular weight is 498 g/mol. The molecule has 0 saturated carbocycles. The Morgan fingerprint density at radius 3 is 2.53 bits per heavy atom. The lowest BCUT2D eigenvalue weighted by Gasteiger charge is -2.20. The smallest absolute Gasteiger partial charge is 0.343 e. The highest BCUT2D eigenvalue weighted by Crippen LogP contribution is 2.26. The van der Waals surface area contributed by atoms with Gasteiger partial charge in [0.15, 0.2) is 0 Å². The molecule has 0 spiro atoms. The summed E-state index contributed by atoms with van der Waals surface area (Å²) in [6, 6.07) is 8.65. The van der Waals surface area contributed by atoms with Gasteiger partial charge in [0.1, 0.15) is 17.1 Å². The molecule has 1 unspecified atom stereocenters. The van der Waals surface area contributed by atoms with Crippen LogP contribution in [-0.2, 0) is 33.7 Å². The number of hydrogen-bond donors (Lipinski definition) is 0. The van der Waals surface area contributed by atoms with Crippen molar-refractivity contribution in [2.24, 2.45) is 5.92 Å². The zero-order chi connectivity index (χ0) is 25.8. The monoisotopic (exact) mass is 497 g/mol. The van der Waals surface area contributed by atoms with Gasteiger partial charge in [-0.15, -0.1) is 0 Å². The first-order chi connectivity index (χ1) is 17.3. The lowest BCUT2D eigenvalue weighted by molar-refractivity contribution is -0.130. The number of rotatable bonds is 7. The van der Waals surface area contributed by atoms with E-state index in [1.807, 2.05) is 24.3 Å². The van der Waals surface area contributed by atoms with Gasteiger partial charge in [-0.05, 0) is 6.07 Å². The second kappa shape index (κ2) is 10.8. The maximum absolute atomic E-state index is 13.1. The van der Waals surface area contributed by atoms with E-state index in [9.17, 15) is 19.2 Å². The average Bonchev–Trinajstić information content (AvgIpc) is 3.05. The minimum absolute atomic E-state index is 0.0300. The number of carbonyl (C=O) groups is 3. The third-order valence-corrected chi connectivity index (χ3v) is 6.77. The molecule has 4 rings (SSSR count). The molecule has 1 atom stereocenters. The highest BCUT2D eigenvalue weighted by Gasteiger charge is 2.30. The second-order valence-electron chi connectivity index (χ2n) is 9.09. The van der Waals surface area contributed by atoms with Gasteiger partial charge in [-0.2, -0.15) is 0 Å². The van der Waals surface area contributed by atoms with Crippen molar-refractivity contribution in [1.82, 2.24) is 14.4 Å². The van der Waals surface area contributed by atoms with E-state index >= 15 is 0 Å². The molecule has 1 fully saturated rings. The van der Waals surface area contributed by atoms with Gasteiger partial charge in [0.2, 0.25) is 11.8 Å². The number of hydrogen-bond acceptors (Lipinski definition) is 7. The minimum atomic E-state index is -0.609. The molecule has 0 N–H and O–H groups in total. The molecule has 0 bridgehead atoms. The van der Waals surface area contributed by atoms with Crippen LogP contribution in [0, 0.1) is 5.92 Å². The van der Waals surface area contributed by atoms with Crippen molar-refractivity contribution in [3.63, 3.8) is 0 Å². The SMILES string of the molecule is COC(=O)c1c(OCC2CC(=O)N(C)C2)cc(=O)n2c1CCN(C(=O)Cc1ccccc1OC)CC2. The Balaban J connectivity index is 1.55. The highest BCUT2D eigenvalue weighted by molar-refractivity contribution is 5.93. The van der Waals surface area contributed by atoms with Crippen LogP contribution in [0.15, 0.2) is 35.1 Å². The number of pyridine rings is 1. The van der Waals surface area contributed by atoms with Crippen molar-refractivity contribution in [1.29, 1.82) is 0 Å². The molecule has 36 heavy (non-hydrogen) atoms. The van der Waals surface area contributed by atoms with Crippen LogP contribution in [0.2, 0.25) is 0 Å². The third-order valence-electron chi connectivity index (χ3n) is 6.77. The van der Waals surface area contributed by atoms with Crippen molar-refractivity contribution in [2.45, 2.75) is 25.8 Å². The summed E-state index contributed by atoms with van der Waals surface area (Å²) in [5.74, 6) is 0.0990. The fraction of sp³-hybridized carbons (Fsp3) is 0.462. The Hall–Kier alpha value is -3.82. The van der Waals surface area contributed by atoms with Crippen molar-refractivity contribution in [2.75, 3.05) is 47.5 Å². The summed E-state index contributed by atoms with van der Waals surface area (Å²) >= 11 is 0. The molecule has 3 heterocycles. The van der Waals surface area contributed by atoms with Gasteiger partial charge in [0, 0.05) is 69.3 Å². The van der Waals surface area contributed by atoms with Gasteiger partial charge in [0.25, 0.3) is 5.56 Å². The number of fused-ring (bicyclic) bond motifs is 1. The van der Waals surface area contributed by atoms with E-state index in [1.165, 1.54) is 17.7 Å². The van der Waals surface area contributed by atoms with Gasteiger partial charge in [-0.1, -0.05) is 18.2 Å². The lowest BCUT2D eigenvalue weighted by Crippen LogP contribution is -2.35. The number of ether oxygens (including phenoxy) is 3. The van der Waals surface area contributed by atoms with Gasteiger partial charge in [0.05, 0.1) is 27.2 Å². The quantitative estimate of drug-likeness (QED) is 0.528. The van der Waals surface area contributed by atoms with Crippen LogP contribution in [0.4, 0.5) is 0 Å². The number of aromatic nitrogens is 1. The summed E-state index contributed by atoms with van der Waals surface area (Å²) in [5, 5.41) is 0. The number of para-hydroxylation sites is 1. The number of carbonyl (C=O) groups excluding carboxylic acids is 3. The summed E-state index contributed by atoms with van der Waals surface area (Å²) < 4.78 is 17.8. The molecule has 0 aliphatic carbocycles. The second-order valence-corrected chi connectivity index (χ2v) is 9.09. The normalized spacial score (nSPS) is 17.4. The largest absolute Gasteiger partial charge is 0.496 e. The molecule has 1 aromatic carbocycles. The van der Waals surface area contributed by atoms with Crippen LogP contribution < -0.4 is 15.0 Å². The molecule has 2 aliphatic rings. The van der Waals surface area contributed by atoms with Gasteiger partial charge in [-0.3, -0.25) is 14.4 Å². The first kappa shape index (κ1) is 25.3. The molecule has 1 aromatic heterocycles. The summed E-state index contributed by atoms with van der Waals surface area (Å²) in [4.78, 5) is 54.1. The van der Waals surface area contributed by atoms with Crippen LogP contribution in [0.5, 0.6) is 11.5 Å². The predicted octanol–water partition coefficient (Wildman–Crippen LogP) is 1.13. The third kappa shape index (κ3) is 5.22. The number of nitrogens with zero attached hydrogens (tertiary/aromatic N) is 3. The number of methoxy groups -OCH3 is 2. The van der Waals surface area contributed by atoms with Crippen molar-refractivity contribution in [3.05, 3.63) is 57.5 Å². The number of amides is 2. The van der Waals surface area contributed by atoms with Crippen molar-refractivity contribution in [3.8, 4) is 11.5 Å². The first-order valence-electron chi connectivity index (χ1n) is 11.9. The van der Waals surface area contributed by atoms with Crippen molar-refractivity contribution >= 4 is 17.8 Å². The Bertz CT molecular complexity index is 1220. The van der Waals surface area contributed by atoms with Crippen LogP contribution >= 0.6 is 0 Å². The predicted molar refractivity (Wildman–Crippen MR) is 130 cm³/mol. The van der Waals surface area contributed by atoms with Crippen LogP contribution in [0.3, 0.4) is 0 Å². The van der Waals surface area contributed by atoms with Crippen LogP contribution in [0.25, 0.3) is 0 Å². The van der Waals surface area contributed by atoms with Gasteiger partial charge >= 0.3 is 5.97 Å². The highest BCUT2D eigenvalue weighted by atomic mass is 16.5. The fourth-order valence-corrected chi connectivity index (χ4v) is 4.83. The summed E-state index contributed by atoms with van der Waals surface area (Å²) in [7, 11) is 4.58. The maximum Gasteiger partial charge on any atom is 0.343 e. The van der Waals surface area contributed by atoms with E-state index in [4.69, 9.17) is 14.2 Å². The van der Waals surface area contributed by atoms with E-state index in [-0.39, 0.29) is 54.2 Å². The molecule has 10 nitrogen and oxygen atoms in total. The zero-order valence-corrected chi connectivity index (χ0v) is 20.8. The molecular formula is C26H31N3O7. The van der Waals surface area contributed by atoms with E-state index in [1.54, 1.807) is 24.0 Å². The molecule has 2 aliphatic heterocycles. The molecule has 2 amide bonds. The standard InChI is InChI=1S/C26H31N3O7/c1-27-15-17(12-22(27)30)16-36-21-14-24(32)29-11-10-28(9-8-19(29)25(21)26(33)35-3)23(31)13-18-6-4-5-7-20(18)34-2/h4-7,14,17H,8-13,15-16H2,1-3H3. The Kier molecular flexibility index (Phi) is 7.61. The fourth-order valence-electron chi connectivity index (χ4n) is 4.83. The van der Waals surface area contributed by atoms with Crippen LogP contribution in [-0.4, -0.2) is 79.7 Å². The molecule has 192 valence electrons. The first-order valence-corrected chi connectivity index (χ1v) is 11.9. The Morgan fingerprint density at radius 1 is 1.06 bits per heavy atom. The number of likely N-dealkylation sites (tertiary alicyclic amines) is 1. The maximum atomic E-state index is 13.1. The Morgan fingerprint density at radius 2 is 1.83 bits per heavy atom. The molecule has 1 saturated heterocycles. The topological polar surface area (TPSA) is 107 Å². The van der Waals surface area contributed by atoms with E-state index in [0.717, 1.165) is 5.56 Å². The molecule has 2 aromatic rings. The number of benzene rings is 1. The summed E-state index contributed by atoms with van der Waals surface area (Å²) in [5.41, 5.74) is 1.14. The van der Waals surface area contributed by atoms with Crippen molar-refractivity contribution < 1.29 is 28.6 Å². The van der Waals surface area contributed by atoms with Gasteiger partial charge < -0.3 is 28.6 Å².